The Morgan fingerprint density at radius 2 is 2.00 bits per heavy atom. The molecule has 1 heterocycles. The lowest BCUT2D eigenvalue weighted by molar-refractivity contribution is 0.0630. The molecule has 0 atom stereocenters. The van der Waals surface area contributed by atoms with Gasteiger partial charge in [-0.3, -0.25) is 9.69 Å². The molecular formula is C16H23N3O2. The molecule has 2 aliphatic rings. The standard InChI is InChI=1S/C16H23N3O2/c1-21-14-4-2-3-13(17)15(14)16(20)19-9-7-18(8-10-19)11-12-5-6-12/h2-4,12H,5-11,17H2,1H3. The van der Waals surface area contributed by atoms with Crippen LogP contribution in [0.25, 0.3) is 0 Å². The van der Waals surface area contributed by atoms with E-state index in [1.54, 1.807) is 25.3 Å². The van der Waals surface area contributed by atoms with Gasteiger partial charge in [0, 0.05) is 38.4 Å². The van der Waals surface area contributed by atoms with Crippen LogP contribution in [0.1, 0.15) is 23.2 Å². The van der Waals surface area contributed by atoms with E-state index >= 15 is 0 Å². The summed E-state index contributed by atoms with van der Waals surface area (Å²) in [5.41, 5.74) is 6.95. The second-order valence-corrected chi connectivity index (χ2v) is 5.96. The van der Waals surface area contributed by atoms with Gasteiger partial charge in [0.25, 0.3) is 5.91 Å². The lowest BCUT2D eigenvalue weighted by Gasteiger charge is -2.35. The van der Waals surface area contributed by atoms with Crippen molar-refractivity contribution in [2.75, 3.05) is 45.6 Å². The third-order valence-electron chi connectivity index (χ3n) is 4.37. The normalized spacial score (nSPS) is 19.6. The van der Waals surface area contributed by atoms with E-state index < -0.39 is 0 Å². The number of carbonyl (C=O) groups excluding carboxylic acids is 1. The molecule has 1 aliphatic carbocycles. The molecule has 1 aromatic rings. The average molecular weight is 289 g/mol. The Morgan fingerprint density at radius 3 is 2.62 bits per heavy atom. The number of benzene rings is 1. The van der Waals surface area contributed by atoms with E-state index in [9.17, 15) is 4.79 Å². The van der Waals surface area contributed by atoms with Crippen molar-refractivity contribution in [3.05, 3.63) is 23.8 Å². The molecule has 0 spiro atoms. The predicted molar refractivity (Wildman–Crippen MR) is 82.5 cm³/mol. The molecule has 1 amide bonds. The molecule has 0 unspecified atom stereocenters. The van der Waals surface area contributed by atoms with Crippen molar-refractivity contribution in [2.45, 2.75) is 12.8 Å². The predicted octanol–water partition coefficient (Wildman–Crippen LogP) is 1.45. The van der Waals surface area contributed by atoms with Crippen LogP contribution in [0.15, 0.2) is 18.2 Å². The molecule has 1 saturated carbocycles. The van der Waals surface area contributed by atoms with Crippen LogP contribution >= 0.6 is 0 Å². The Bertz CT molecular complexity index is 520. The van der Waals surface area contributed by atoms with Gasteiger partial charge in [-0.2, -0.15) is 0 Å². The molecule has 0 radical (unpaired) electrons. The van der Waals surface area contributed by atoms with E-state index in [4.69, 9.17) is 10.5 Å². The van der Waals surface area contributed by atoms with Gasteiger partial charge in [0.15, 0.2) is 0 Å². The Kier molecular flexibility index (Phi) is 4.01. The first-order chi connectivity index (χ1) is 10.2. The largest absolute Gasteiger partial charge is 0.496 e. The summed E-state index contributed by atoms with van der Waals surface area (Å²) in [6.45, 7) is 4.64. The van der Waals surface area contributed by atoms with Crippen molar-refractivity contribution in [2.24, 2.45) is 5.92 Å². The minimum Gasteiger partial charge on any atom is -0.496 e. The van der Waals surface area contributed by atoms with E-state index in [2.05, 4.69) is 4.90 Å². The van der Waals surface area contributed by atoms with E-state index in [1.807, 2.05) is 4.90 Å². The number of rotatable bonds is 4. The van der Waals surface area contributed by atoms with Crippen molar-refractivity contribution in [3.8, 4) is 5.75 Å². The molecule has 1 aromatic carbocycles. The maximum absolute atomic E-state index is 12.7. The second-order valence-electron chi connectivity index (χ2n) is 5.96. The number of methoxy groups -OCH3 is 1. The average Bonchev–Trinajstić information content (AvgIpc) is 3.31. The highest BCUT2D eigenvalue weighted by atomic mass is 16.5. The molecule has 3 rings (SSSR count). The monoisotopic (exact) mass is 289 g/mol. The topological polar surface area (TPSA) is 58.8 Å². The minimum atomic E-state index is -0.0176. The maximum Gasteiger partial charge on any atom is 0.259 e. The first kappa shape index (κ1) is 14.2. The number of nitrogens with zero attached hydrogens (tertiary/aromatic N) is 2. The Morgan fingerprint density at radius 1 is 1.29 bits per heavy atom. The van der Waals surface area contributed by atoms with Gasteiger partial charge in [0.2, 0.25) is 0 Å². The number of nitrogens with two attached hydrogens (primary N) is 1. The van der Waals surface area contributed by atoms with Crippen LogP contribution in [-0.2, 0) is 0 Å². The third-order valence-corrected chi connectivity index (χ3v) is 4.37. The first-order valence-electron chi connectivity index (χ1n) is 7.63. The zero-order valence-corrected chi connectivity index (χ0v) is 12.5. The van der Waals surface area contributed by atoms with Crippen LogP contribution in [-0.4, -0.2) is 55.5 Å². The van der Waals surface area contributed by atoms with E-state index in [-0.39, 0.29) is 5.91 Å². The molecule has 1 saturated heterocycles. The number of ether oxygens (including phenoxy) is 1. The molecule has 2 N–H and O–H groups in total. The van der Waals surface area contributed by atoms with Crippen molar-refractivity contribution in [1.82, 2.24) is 9.80 Å². The SMILES string of the molecule is COc1cccc(N)c1C(=O)N1CCN(CC2CC2)CC1. The summed E-state index contributed by atoms with van der Waals surface area (Å²) in [7, 11) is 1.57. The minimum absolute atomic E-state index is 0.0176. The second kappa shape index (κ2) is 5.93. The molecule has 5 nitrogen and oxygen atoms in total. The Hall–Kier alpha value is -1.75. The van der Waals surface area contributed by atoms with E-state index in [0.717, 1.165) is 32.1 Å². The van der Waals surface area contributed by atoms with Crippen LogP contribution in [0.2, 0.25) is 0 Å². The molecule has 114 valence electrons. The van der Waals surface area contributed by atoms with Crippen LogP contribution in [0.5, 0.6) is 5.75 Å². The third kappa shape index (κ3) is 3.13. The van der Waals surface area contributed by atoms with Gasteiger partial charge in [0.05, 0.1) is 7.11 Å². The summed E-state index contributed by atoms with van der Waals surface area (Å²) in [5.74, 6) is 1.44. The molecule has 21 heavy (non-hydrogen) atoms. The highest BCUT2D eigenvalue weighted by Gasteiger charge is 2.29. The Labute approximate surface area is 125 Å². The van der Waals surface area contributed by atoms with Crippen molar-refractivity contribution < 1.29 is 9.53 Å². The van der Waals surface area contributed by atoms with E-state index in [0.29, 0.717) is 17.0 Å². The molecule has 2 fully saturated rings. The molecule has 0 aromatic heterocycles. The van der Waals surface area contributed by atoms with E-state index in [1.165, 1.54) is 19.4 Å². The van der Waals surface area contributed by atoms with Gasteiger partial charge in [-0.1, -0.05) is 6.07 Å². The number of hydrogen-bond acceptors (Lipinski definition) is 4. The van der Waals surface area contributed by atoms with Gasteiger partial charge in [0.1, 0.15) is 11.3 Å². The molecule has 5 heteroatoms. The Balaban J connectivity index is 1.66. The zero-order chi connectivity index (χ0) is 14.8. The number of hydrogen-bond donors (Lipinski definition) is 1. The molecular weight excluding hydrogens is 266 g/mol. The van der Waals surface area contributed by atoms with Gasteiger partial charge in [-0.15, -0.1) is 0 Å². The fraction of sp³-hybridized carbons (Fsp3) is 0.562. The smallest absolute Gasteiger partial charge is 0.259 e. The van der Waals surface area contributed by atoms with Gasteiger partial charge < -0.3 is 15.4 Å². The van der Waals surface area contributed by atoms with Crippen LogP contribution in [0.4, 0.5) is 5.69 Å². The van der Waals surface area contributed by atoms with Gasteiger partial charge in [-0.25, -0.2) is 0 Å². The van der Waals surface area contributed by atoms with Crippen molar-refractivity contribution >= 4 is 11.6 Å². The van der Waals surface area contributed by atoms with Crippen LogP contribution in [0.3, 0.4) is 0 Å². The number of anilines is 1. The summed E-state index contributed by atoms with van der Waals surface area (Å²) in [5, 5.41) is 0. The number of piperazine rings is 1. The lowest BCUT2D eigenvalue weighted by Crippen LogP contribution is -2.49. The quantitative estimate of drug-likeness (QED) is 0.852. The highest BCUT2D eigenvalue weighted by Crippen LogP contribution is 2.30. The summed E-state index contributed by atoms with van der Waals surface area (Å²) < 4.78 is 5.28. The summed E-state index contributed by atoms with van der Waals surface area (Å²) in [6.07, 6.45) is 2.74. The number of amides is 1. The fourth-order valence-corrected chi connectivity index (χ4v) is 2.90. The summed E-state index contributed by atoms with van der Waals surface area (Å²) in [4.78, 5) is 17.0. The van der Waals surface area contributed by atoms with Crippen molar-refractivity contribution in [1.29, 1.82) is 0 Å². The first-order valence-corrected chi connectivity index (χ1v) is 7.63. The summed E-state index contributed by atoms with van der Waals surface area (Å²) >= 11 is 0. The fourth-order valence-electron chi connectivity index (χ4n) is 2.90. The van der Waals surface area contributed by atoms with Crippen molar-refractivity contribution in [3.63, 3.8) is 0 Å². The lowest BCUT2D eigenvalue weighted by atomic mass is 10.1. The maximum atomic E-state index is 12.7. The summed E-state index contributed by atoms with van der Waals surface area (Å²) in [6, 6.07) is 5.34. The number of nitrogen functional groups attached to an aromatic ring is 1. The van der Waals surface area contributed by atoms with Crippen LogP contribution in [0, 0.1) is 5.92 Å². The van der Waals surface area contributed by atoms with Crippen LogP contribution < -0.4 is 10.5 Å². The zero-order valence-electron chi connectivity index (χ0n) is 12.5. The number of carbonyl (C=O) groups is 1. The highest BCUT2D eigenvalue weighted by molar-refractivity contribution is 6.01. The molecule has 1 aliphatic heterocycles. The molecule has 0 bridgehead atoms. The van der Waals surface area contributed by atoms with Gasteiger partial charge >= 0.3 is 0 Å². The van der Waals surface area contributed by atoms with Gasteiger partial charge in [-0.05, 0) is 30.9 Å².